The highest BCUT2D eigenvalue weighted by Crippen LogP contribution is 2.31. The van der Waals surface area contributed by atoms with Crippen LogP contribution in [0.15, 0.2) is 24.3 Å². The summed E-state index contributed by atoms with van der Waals surface area (Å²) in [5, 5.41) is 2.66. The number of nitrogens with zero attached hydrogens (tertiary/aromatic N) is 2. The summed E-state index contributed by atoms with van der Waals surface area (Å²) >= 11 is 0. The fourth-order valence-corrected chi connectivity index (χ4v) is 4.83. The second-order valence-electron chi connectivity index (χ2n) is 8.92. The molecular formula is C23H32F3N3O2. The number of rotatable bonds is 6. The van der Waals surface area contributed by atoms with Gasteiger partial charge in [-0.1, -0.05) is 19.4 Å². The van der Waals surface area contributed by atoms with Gasteiger partial charge < -0.3 is 15.1 Å². The Morgan fingerprint density at radius 1 is 1.23 bits per heavy atom. The molecule has 0 radical (unpaired) electrons. The molecule has 1 N–H and O–H groups in total. The van der Waals surface area contributed by atoms with E-state index in [1.165, 1.54) is 12.1 Å². The maximum Gasteiger partial charge on any atom is 0.416 e. The van der Waals surface area contributed by atoms with Gasteiger partial charge in [0.15, 0.2) is 0 Å². The van der Waals surface area contributed by atoms with Gasteiger partial charge in [-0.2, -0.15) is 13.2 Å². The monoisotopic (exact) mass is 439 g/mol. The number of piperidine rings is 1. The largest absolute Gasteiger partial charge is 0.416 e. The lowest BCUT2D eigenvalue weighted by Gasteiger charge is -2.44. The lowest BCUT2D eigenvalue weighted by molar-refractivity contribution is -0.137. The number of alkyl halides is 3. The lowest BCUT2D eigenvalue weighted by Crippen LogP contribution is -2.54. The smallest absolute Gasteiger partial charge is 0.340 e. The van der Waals surface area contributed by atoms with Crippen LogP contribution in [0.2, 0.25) is 0 Å². The first-order valence-corrected chi connectivity index (χ1v) is 11.1. The van der Waals surface area contributed by atoms with Crippen LogP contribution in [-0.2, 0) is 11.0 Å². The minimum atomic E-state index is -4.52. The summed E-state index contributed by atoms with van der Waals surface area (Å²) in [5.41, 5.74) is -0.964. The van der Waals surface area contributed by atoms with E-state index in [-0.39, 0.29) is 17.5 Å². The van der Waals surface area contributed by atoms with Gasteiger partial charge in [-0.25, -0.2) is 0 Å². The van der Waals surface area contributed by atoms with Crippen molar-refractivity contribution in [3.8, 4) is 0 Å². The van der Waals surface area contributed by atoms with Crippen LogP contribution < -0.4 is 5.32 Å². The first-order valence-electron chi connectivity index (χ1n) is 11.1. The Kier molecular flexibility index (Phi) is 7.29. The van der Waals surface area contributed by atoms with Crippen molar-refractivity contribution < 1.29 is 22.8 Å². The van der Waals surface area contributed by atoms with E-state index >= 15 is 0 Å². The molecule has 0 unspecified atom stereocenters. The number of hydrogen-bond donors (Lipinski definition) is 1. The third-order valence-corrected chi connectivity index (χ3v) is 6.51. The van der Waals surface area contributed by atoms with Gasteiger partial charge in [0.1, 0.15) is 6.04 Å². The number of carbonyl (C=O) groups excluding carboxylic acids is 2. The molecule has 5 nitrogen and oxygen atoms in total. The highest BCUT2D eigenvalue weighted by atomic mass is 19.4. The molecule has 1 aromatic rings. The predicted molar refractivity (Wildman–Crippen MR) is 113 cm³/mol. The van der Waals surface area contributed by atoms with E-state index in [2.05, 4.69) is 31.0 Å². The molecule has 0 bridgehead atoms. The molecule has 2 fully saturated rings. The van der Waals surface area contributed by atoms with Crippen LogP contribution in [0, 0.1) is 5.92 Å². The molecule has 2 saturated heterocycles. The van der Waals surface area contributed by atoms with Gasteiger partial charge in [0.2, 0.25) is 5.91 Å². The zero-order chi connectivity index (χ0) is 22.8. The molecular weight excluding hydrogens is 407 g/mol. The number of halogens is 3. The average molecular weight is 440 g/mol. The molecule has 172 valence electrons. The SMILES string of the molecule is CCC[C@H]1CN(C(C)C)CC[C@@H]1N1CC[C@H](NC(=O)c2cccc(C(F)(F)F)c2)C1=O. The number of hydrogen-bond acceptors (Lipinski definition) is 3. The molecule has 2 aliphatic rings. The van der Waals surface area contributed by atoms with Crippen LogP contribution in [0.4, 0.5) is 13.2 Å². The third kappa shape index (κ3) is 5.40. The number of carbonyl (C=O) groups is 2. The van der Waals surface area contributed by atoms with E-state index in [4.69, 9.17) is 0 Å². The normalized spacial score (nSPS) is 25.3. The van der Waals surface area contributed by atoms with Crippen molar-refractivity contribution >= 4 is 11.8 Å². The molecule has 3 atom stereocenters. The van der Waals surface area contributed by atoms with Gasteiger partial charge in [0, 0.05) is 37.3 Å². The number of benzene rings is 1. The zero-order valence-electron chi connectivity index (χ0n) is 18.4. The van der Waals surface area contributed by atoms with E-state index < -0.39 is 23.7 Å². The summed E-state index contributed by atoms with van der Waals surface area (Å²) in [7, 11) is 0. The molecule has 2 amide bonds. The van der Waals surface area contributed by atoms with Crippen LogP contribution in [0.5, 0.6) is 0 Å². The Morgan fingerprint density at radius 3 is 2.61 bits per heavy atom. The summed E-state index contributed by atoms with van der Waals surface area (Å²) in [6.07, 6.45) is -1.05. The van der Waals surface area contributed by atoms with Crippen molar-refractivity contribution in [3.05, 3.63) is 35.4 Å². The quantitative estimate of drug-likeness (QED) is 0.731. The third-order valence-electron chi connectivity index (χ3n) is 6.51. The van der Waals surface area contributed by atoms with Crippen molar-refractivity contribution in [1.82, 2.24) is 15.1 Å². The first kappa shape index (κ1) is 23.6. The molecule has 8 heteroatoms. The maximum absolute atomic E-state index is 13.1. The lowest BCUT2D eigenvalue weighted by atomic mass is 9.86. The van der Waals surface area contributed by atoms with Crippen LogP contribution >= 0.6 is 0 Å². The van der Waals surface area contributed by atoms with E-state index in [1.54, 1.807) is 0 Å². The van der Waals surface area contributed by atoms with Gasteiger partial charge in [0.25, 0.3) is 5.91 Å². The summed E-state index contributed by atoms with van der Waals surface area (Å²) < 4.78 is 38.8. The minimum absolute atomic E-state index is 0.0878. The topological polar surface area (TPSA) is 52.6 Å². The molecule has 0 aliphatic carbocycles. The second kappa shape index (κ2) is 9.59. The molecule has 0 aromatic heterocycles. The van der Waals surface area contributed by atoms with Crippen molar-refractivity contribution in [2.45, 2.75) is 70.8 Å². The van der Waals surface area contributed by atoms with Crippen molar-refractivity contribution in [2.24, 2.45) is 5.92 Å². The fraction of sp³-hybridized carbons (Fsp3) is 0.652. The Morgan fingerprint density at radius 2 is 1.97 bits per heavy atom. The summed E-state index contributed by atoms with van der Waals surface area (Å²) in [6, 6.07) is 4.22. The van der Waals surface area contributed by atoms with Crippen LogP contribution in [0.1, 0.15) is 62.4 Å². The number of nitrogens with one attached hydrogen (secondary N) is 1. The minimum Gasteiger partial charge on any atom is -0.340 e. The first-order chi connectivity index (χ1) is 14.6. The highest BCUT2D eigenvalue weighted by molar-refractivity contribution is 5.98. The van der Waals surface area contributed by atoms with Crippen LogP contribution in [0.25, 0.3) is 0 Å². The van der Waals surface area contributed by atoms with Crippen LogP contribution in [-0.4, -0.2) is 59.4 Å². The van der Waals surface area contributed by atoms with E-state index in [0.29, 0.717) is 24.9 Å². The summed E-state index contributed by atoms with van der Waals surface area (Å²) in [4.78, 5) is 30.0. The zero-order valence-corrected chi connectivity index (χ0v) is 18.4. The van der Waals surface area contributed by atoms with Crippen molar-refractivity contribution in [2.75, 3.05) is 19.6 Å². The molecule has 0 saturated carbocycles. The van der Waals surface area contributed by atoms with Gasteiger partial charge in [0.05, 0.1) is 5.56 Å². The maximum atomic E-state index is 13.1. The van der Waals surface area contributed by atoms with Gasteiger partial charge >= 0.3 is 6.18 Å². The van der Waals surface area contributed by atoms with Gasteiger partial charge in [-0.15, -0.1) is 0 Å². The summed E-state index contributed by atoms with van der Waals surface area (Å²) in [6.45, 7) is 8.98. The Labute approximate surface area is 182 Å². The predicted octanol–water partition coefficient (Wildman–Crippen LogP) is 3.94. The standard InChI is InChI=1S/C23H32F3N3O2/c1-4-6-17-14-28(15(2)3)11-10-20(17)29-12-9-19(22(29)31)27-21(30)16-7-5-8-18(13-16)23(24,25)26/h5,7-8,13,15,17,19-20H,4,6,9-12,14H2,1-3H3,(H,27,30)/t17-,19-,20-/m0/s1. The van der Waals surface area contributed by atoms with E-state index in [1.807, 2.05) is 4.90 Å². The molecule has 31 heavy (non-hydrogen) atoms. The molecule has 2 aliphatic heterocycles. The number of likely N-dealkylation sites (tertiary alicyclic amines) is 2. The summed E-state index contributed by atoms with van der Waals surface area (Å²) in [5.74, 6) is -0.376. The van der Waals surface area contributed by atoms with Crippen LogP contribution in [0.3, 0.4) is 0 Å². The molecule has 0 spiro atoms. The van der Waals surface area contributed by atoms with Gasteiger partial charge in [-0.3, -0.25) is 9.59 Å². The van der Waals surface area contributed by atoms with Crippen molar-refractivity contribution in [1.29, 1.82) is 0 Å². The Balaban J connectivity index is 1.66. The van der Waals surface area contributed by atoms with E-state index in [9.17, 15) is 22.8 Å². The van der Waals surface area contributed by atoms with Gasteiger partial charge in [-0.05, 0) is 57.2 Å². The average Bonchev–Trinajstić information content (AvgIpc) is 3.07. The Hall–Kier alpha value is -2.09. The Bertz CT molecular complexity index is 797. The van der Waals surface area contributed by atoms with Crippen molar-refractivity contribution in [3.63, 3.8) is 0 Å². The highest BCUT2D eigenvalue weighted by Gasteiger charge is 2.42. The second-order valence-corrected chi connectivity index (χ2v) is 8.92. The number of amides is 2. The molecule has 1 aromatic carbocycles. The molecule has 2 heterocycles. The van der Waals surface area contributed by atoms with E-state index in [0.717, 1.165) is 44.5 Å². The fourth-order valence-electron chi connectivity index (χ4n) is 4.83. The molecule has 3 rings (SSSR count).